The molecule has 0 saturated heterocycles. The highest BCUT2D eigenvalue weighted by Crippen LogP contribution is 2.22. The molecule has 2 rings (SSSR count). The first kappa shape index (κ1) is 15.4. The third-order valence-corrected chi connectivity index (χ3v) is 5.36. The van der Waals surface area contributed by atoms with Crippen molar-refractivity contribution in [3.63, 3.8) is 0 Å². The summed E-state index contributed by atoms with van der Waals surface area (Å²) >= 11 is 3.22. The van der Waals surface area contributed by atoms with Gasteiger partial charge < -0.3 is 5.73 Å². The normalized spacial score (nSPS) is 23.2. The van der Waals surface area contributed by atoms with Crippen LogP contribution in [0.25, 0.3) is 0 Å². The van der Waals surface area contributed by atoms with Crippen molar-refractivity contribution in [1.29, 1.82) is 5.26 Å². The van der Waals surface area contributed by atoms with Crippen LogP contribution in [-0.4, -0.2) is 20.5 Å². The summed E-state index contributed by atoms with van der Waals surface area (Å²) in [5.41, 5.74) is 6.12. The summed E-state index contributed by atoms with van der Waals surface area (Å²) in [5, 5.41) is 8.90. The number of halogens is 1. The van der Waals surface area contributed by atoms with Gasteiger partial charge in [0.25, 0.3) is 0 Å². The molecule has 0 bridgehead atoms. The molecule has 5 nitrogen and oxygen atoms in total. The van der Waals surface area contributed by atoms with E-state index in [0.29, 0.717) is 10.0 Å². The fourth-order valence-electron chi connectivity index (χ4n) is 2.31. The van der Waals surface area contributed by atoms with E-state index < -0.39 is 10.0 Å². The zero-order valence-electron chi connectivity index (χ0n) is 10.8. The molecule has 0 heterocycles. The summed E-state index contributed by atoms with van der Waals surface area (Å²) in [6, 6.07) is 6.50. The van der Waals surface area contributed by atoms with Crippen LogP contribution in [0.5, 0.6) is 0 Å². The van der Waals surface area contributed by atoms with Crippen LogP contribution in [0, 0.1) is 11.3 Å². The summed E-state index contributed by atoms with van der Waals surface area (Å²) in [4.78, 5) is 0.110. The molecule has 0 aliphatic heterocycles. The van der Waals surface area contributed by atoms with Crippen molar-refractivity contribution in [3.8, 4) is 6.07 Å². The second-order valence-electron chi connectivity index (χ2n) is 5.02. The molecule has 7 heteroatoms. The number of nitrogens with one attached hydrogen (secondary N) is 1. The van der Waals surface area contributed by atoms with Crippen molar-refractivity contribution in [2.24, 2.45) is 5.73 Å². The highest BCUT2D eigenvalue weighted by atomic mass is 79.9. The Morgan fingerprint density at radius 3 is 2.50 bits per heavy atom. The first-order valence-electron chi connectivity index (χ1n) is 6.39. The lowest BCUT2D eigenvalue weighted by Crippen LogP contribution is -2.40. The van der Waals surface area contributed by atoms with Crippen LogP contribution in [0.4, 0.5) is 0 Å². The number of hydrogen-bond acceptors (Lipinski definition) is 4. The molecular formula is C13H16BrN3O2S. The molecule has 0 spiro atoms. The molecule has 1 fully saturated rings. The van der Waals surface area contributed by atoms with Gasteiger partial charge in [-0.2, -0.15) is 5.26 Å². The van der Waals surface area contributed by atoms with Gasteiger partial charge in [-0.1, -0.05) is 15.9 Å². The van der Waals surface area contributed by atoms with Gasteiger partial charge in [0, 0.05) is 16.6 Å². The second kappa shape index (κ2) is 6.22. The van der Waals surface area contributed by atoms with Crippen molar-refractivity contribution in [2.75, 3.05) is 0 Å². The highest BCUT2D eigenvalue weighted by Gasteiger charge is 2.24. The molecule has 0 radical (unpaired) electrons. The molecule has 20 heavy (non-hydrogen) atoms. The number of hydrogen-bond donors (Lipinski definition) is 2. The van der Waals surface area contributed by atoms with Crippen LogP contribution in [0.2, 0.25) is 0 Å². The van der Waals surface area contributed by atoms with Crippen molar-refractivity contribution in [3.05, 3.63) is 28.2 Å². The van der Waals surface area contributed by atoms with E-state index in [1.54, 1.807) is 6.07 Å². The molecule has 0 atom stereocenters. The molecule has 1 aliphatic rings. The van der Waals surface area contributed by atoms with E-state index in [2.05, 4.69) is 20.7 Å². The maximum Gasteiger partial charge on any atom is 0.240 e. The van der Waals surface area contributed by atoms with Gasteiger partial charge in [-0.3, -0.25) is 0 Å². The predicted octanol–water partition coefficient (Wildman–Crippen LogP) is 1.87. The maximum absolute atomic E-state index is 12.3. The first-order valence-corrected chi connectivity index (χ1v) is 8.67. The van der Waals surface area contributed by atoms with Crippen LogP contribution in [0.1, 0.15) is 31.2 Å². The summed E-state index contributed by atoms with van der Waals surface area (Å²) < 4.78 is 27.9. The minimum atomic E-state index is -3.60. The second-order valence-corrected chi connectivity index (χ2v) is 7.65. The molecule has 108 valence electrons. The zero-order valence-corrected chi connectivity index (χ0v) is 13.2. The van der Waals surface area contributed by atoms with Crippen LogP contribution in [-0.2, 0) is 10.0 Å². The molecule has 1 aliphatic carbocycles. The molecule has 1 aromatic carbocycles. The van der Waals surface area contributed by atoms with Crippen molar-refractivity contribution < 1.29 is 8.42 Å². The van der Waals surface area contributed by atoms with Crippen molar-refractivity contribution >= 4 is 26.0 Å². The lowest BCUT2D eigenvalue weighted by molar-refractivity contribution is 0.373. The van der Waals surface area contributed by atoms with Crippen LogP contribution in [0.15, 0.2) is 27.6 Å². The molecular weight excluding hydrogens is 342 g/mol. The summed E-state index contributed by atoms with van der Waals surface area (Å²) in [7, 11) is -3.60. The summed E-state index contributed by atoms with van der Waals surface area (Å²) in [5.74, 6) is 0. The maximum atomic E-state index is 12.3. The van der Waals surface area contributed by atoms with E-state index in [-0.39, 0.29) is 17.0 Å². The van der Waals surface area contributed by atoms with Gasteiger partial charge in [-0.05, 0) is 43.9 Å². The Balaban J connectivity index is 2.18. The highest BCUT2D eigenvalue weighted by molar-refractivity contribution is 9.10. The van der Waals surface area contributed by atoms with Gasteiger partial charge >= 0.3 is 0 Å². The molecule has 1 aromatic rings. The molecule has 1 saturated carbocycles. The number of benzene rings is 1. The molecule has 0 amide bonds. The van der Waals surface area contributed by atoms with Gasteiger partial charge in [-0.25, -0.2) is 13.1 Å². The fourth-order valence-corrected chi connectivity index (χ4v) is 4.33. The fraction of sp³-hybridized carbons (Fsp3) is 0.462. The molecule has 0 aromatic heterocycles. The largest absolute Gasteiger partial charge is 0.328 e. The van der Waals surface area contributed by atoms with E-state index in [1.165, 1.54) is 12.1 Å². The lowest BCUT2D eigenvalue weighted by Gasteiger charge is -2.26. The number of sulfonamides is 1. The van der Waals surface area contributed by atoms with E-state index >= 15 is 0 Å². The quantitative estimate of drug-likeness (QED) is 0.862. The predicted molar refractivity (Wildman–Crippen MR) is 79.4 cm³/mol. The van der Waals surface area contributed by atoms with Crippen molar-refractivity contribution in [2.45, 2.75) is 42.7 Å². The Morgan fingerprint density at radius 1 is 1.25 bits per heavy atom. The van der Waals surface area contributed by atoms with Gasteiger partial charge in [0.15, 0.2) is 0 Å². The Kier molecular flexibility index (Phi) is 4.81. The van der Waals surface area contributed by atoms with Crippen molar-refractivity contribution in [1.82, 2.24) is 4.72 Å². The standard InChI is InChI=1S/C13H16BrN3O2S/c14-10-5-9(8-15)6-13(7-10)20(18,19)17-12-3-1-11(16)2-4-12/h5-7,11-12,17H,1-4,16H2. The Labute approximate surface area is 127 Å². The Morgan fingerprint density at radius 2 is 1.90 bits per heavy atom. The van der Waals surface area contributed by atoms with Gasteiger partial charge in [-0.15, -0.1) is 0 Å². The number of nitriles is 1. The summed E-state index contributed by atoms with van der Waals surface area (Å²) in [6.45, 7) is 0. The van der Waals surface area contributed by atoms with Crippen LogP contribution < -0.4 is 10.5 Å². The van der Waals surface area contributed by atoms with Gasteiger partial charge in [0.2, 0.25) is 10.0 Å². The Bertz CT molecular complexity index is 632. The van der Waals surface area contributed by atoms with E-state index in [9.17, 15) is 8.42 Å². The third-order valence-electron chi connectivity index (χ3n) is 3.40. The number of rotatable bonds is 3. The Hall–Kier alpha value is -0.940. The van der Waals surface area contributed by atoms with Crippen LogP contribution in [0.3, 0.4) is 0 Å². The average molecular weight is 358 g/mol. The monoisotopic (exact) mass is 357 g/mol. The number of nitrogens with zero attached hydrogens (tertiary/aromatic N) is 1. The number of nitrogens with two attached hydrogens (primary N) is 1. The smallest absolute Gasteiger partial charge is 0.240 e. The molecule has 0 unspecified atom stereocenters. The van der Waals surface area contributed by atoms with Crippen LogP contribution >= 0.6 is 15.9 Å². The SMILES string of the molecule is N#Cc1cc(Br)cc(S(=O)(=O)NC2CCC(N)CC2)c1. The lowest BCUT2D eigenvalue weighted by atomic mass is 9.93. The minimum absolute atomic E-state index is 0.0793. The minimum Gasteiger partial charge on any atom is -0.328 e. The van der Waals surface area contributed by atoms with Gasteiger partial charge in [0.05, 0.1) is 16.5 Å². The summed E-state index contributed by atoms with van der Waals surface area (Å²) in [6.07, 6.45) is 3.16. The van der Waals surface area contributed by atoms with E-state index in [4.69, 9.17) is 11.0 Å². The topological polar surface area (TPSA) is 96.0 Å². The first-order chi connectivity index (χ1) is 9.40. The van der Waals surface area contributed by atoms with E-state index in [0.717, 1.165) is 25.7 Å². The third kappa shape index (κ3) is 3.79. The van der Waals surface area contributed by atoms with Gasteiger partial charge in [0.1, 0.15) is 0 Å². The molecule has 3 N–H and O–H groups in total. The average Bonchev–Trinajstić information content (AvgIpc) is 2.40. The van der Waals surface area contributed by atoms with E-state index in [1.807, 2.05) is 6.07 Å². The zero-order chi connectivity index (χ0) is 14.8.